The molecule has 1 aliphatic rings. The van der Waals surface area contributed by atoms with Crippen LogP contribution < -0.4 is 0 Å². The summed E-state index contributed by atoms with van der Waals surface area (Å²) in [5, 5.41) is 0. The third kappa shape index (κ3) is 22.6. The second-order valence-corrected chi connectivity index (χ2v) is 15.7. The average Bonchev–Trinajstić information content (AvgIpc) is 3.47. The molecule has 314 valence electrons. The Morgan fingerprint density at radius 3 is 1.07 bits per heavy atom. The van der Waals surface area contributed by atoms with Crippen molar-refractivity contribution in [1.82, 2.24) is 0 Å². The van der Waals surface area contributed by atoms with Crippen molar-refractivity contribution >= 4 is 11.4 Å². The monoisotopic (exact) mass is 845 g/mol. The number of nitrogens with zero attached hydrogens (tertiary/aromatic N) is 2. The summed E-state index contributed by atoms with van der Waals surface area (Å²) in [6.07, 6.45) is 35.0. The van der Waals surface area contributed by atoms with E-state index in [1.54, 1.807) is 4.70 Å². The summed E-state index contributed by atoms with van der Waals surface area (Å²) in [4.78, 5) is 0. The Labute approximate surface area is 357 Å². The van der Waals surface area contributed by atoms with Crippen LogP contribution in [0.1, 0.15) is 231 Å². The number of benzene rings is 2. The Kier molecular flexibility index (Phi) is 35.3. The minimum Gasteiger partial charge on any atom is -0.493 e. The van der Waals surface area contributed by atoms with Gasteiger partial charge in [0.15, 0.2) is 0 Å². The predicted octanol–water partition coefficient (Wildman–Crippen LogP) is 17.8. The van der Waals surface area contributed by atoms with E-state index in [0.29, 0.717) is 0 Å². The fourth-order valence-electron chi connectivity index (χ4n) is 7.22. The van der Waals surface area contributed by atoms with Crippen molar-refractivity contribution in [1.29, 1.82) is 0 Å². The van der Waals surface area contributed by atoms with Crippen LogP contribution in [-0.2, 0) is 33.3 Å². The van der Waals surface area contributed by atoms with E-state index < -0.39 is 0 Å². The summed E-state index contributed by atoms with van der Waals surface area (Å²) in [6.45, 7) is 21.0. The van der Waals surface area contributed by atoms with Crippen molar-refractivity contribution in [2.24, 2.45) is 0 Å². The van der Waals surface area contributed by atoms with Crippen LogP contribution in [0.2, 0.25) is 0 Å². The average molecular weight is 846 g/mol. The smallest absolute Gasteiger partial charge is 0.493 e. The third-order valence-electron chi connectivity index (χ3n) is 10.7. The van der Waals surface area contributed by atoms with E-state index in [-0.39, 0.29) is 20.4 Å². The topological polar surface area (TPSA) is 25.3 Å². The number of hydrogen-bond donors (Lipinski definition) is 0. The van der Waals surface area contributed by atoms with E-state index in [4.69, 9.17) is 0 Å². The van der Waals surface area contributed by atoms with E-state index in [0.717, 1.165) is 73.9 Å². The first-order chi connectivity index (χ1) is 26.5. The molecular weight excluding hydrogens is 759 g/mol. The fourth-order valence-corrected chi connectivity index (χ4v) is 7.22. The van der Waals surface area contributed by atoms with Gasteiger partial charge in [-0.05, 0) is 86.8 Å². The first-order valence-electron chi connectivity index (χ1n) is 23.2. The van der Waals surface area contributed by atoms with Gasteiger partial charge in [0.2, 0.25) is 11.4 Å². The molecule has 0 atom stereocenters. The molecule has 1 heterocycles. The summed E-state index contributed by atoms with van der Waals surface area (Å²) >= 11 is 0. The van der Waals surface area contributed by atoms with Crippen LogP contribution >= 0.6 is 0 Å². The second kappa shape index (κ2) is 36.5. The van der Waals surface area contributed by atoms with Crippen molar-refractivity contribution in [3.05, 3.63) is 101 Å². The maximum absolute atomic E-state index is 11.9. The van der Waals surface area contributed by atoms with E-state index in [1.165, 1.54) is 151 Å². The predicted molar refractivity (Wildman–Crippen MR) is 243 cm³/mol. The summed E-state index contributed by atoms with van der Waals surface area (Å²) in [7, 11) is 0. The van der Waals surface area contributed by atoms with E-state index in [1.807, 2.05) is 0 Å². The van der Waals surface area contributed by atoms with Crippen molar-refractivity contribution in [3.63, 3.8) is 0 Å². The molecule has 2 nitrogen and oxygen atoms in total. The van der Waals surface area contributed by atoms with E-state index in [2.05, 4.69) is 104 Å². The Morgan fingerprint density at radius 2 is 0.673 bits per heavy atom. The molecule has 0 unspecified atom stereocenters. The van der Waals surface area contributed by atoms with Gasteiger partial charge in [0.05, 0.1) is 0 Å². The molecule has 0 spiro atoms. The molecule has 55 heavy (non-hydrogen) atoms. The van der Waals surface area contributed by atoms with Crippen LogP contribution in [0.3, 0.4) is 0 Å². The van der Waals surface area contributed by atoms with Gasteiger partial charge in [-0.25, -0.2) is 4.70 Å². The van der Waals surface area contributed by atoms with Crippen LogP contribution in [0.15, 0.2) is 59.7 Å². The summed E-state index contributed by atoms with van der Waals surface area (Å²) < 4.78 is 1.55. The molecule has 2 aromatic carbocycles. The quantitative estimate of drug-likeness (QED) is 0.0353. The molecule has 0 bridgehead atoms. The van der Waals surface area contributed by atoms with E-state index in [9.17, 15) is 5.53 Å². The van der Waals surface area contributed by atoms with Gasteiger partial charge >= 0.3 is 20.4 Å². The summed E-state index contributed by atoms with van der Waals surface area (Å²) in [5.41, 5.74) is 21.7. The summed E-state index contributed by atoms with van der Waals surface area (Å²) in [5.74, 6) is 0. The second-order valence-electron chi connectivity index (χ2n) is 15.7. The van der Waals surface area contributed by atoms with Crippen molar-refractivity contribution < 1.29 is 25.1 Å². The van der Waals surface area contributed by atoms with Gasteiger partial charge in [-0.2, -0.15) is 12.8 Å². The standard InChI is InChI=1S/C38H56N2.2C7H15.Pd/c1-5-9-13-15-16-18-22-36-35(21-12-8-4)37(33-29-25-32(26-30-33)20-17-14-10-6-2)40(39)38(36)34-27-23-31(24-28-34)19-11-7-3;2*1-3-5-7-6-4-2;/h23-30H,5-22H2,1-4H3;2*1,3-7H2,2H3;/q;2*-1;+2. The number of rotatable bonds is 28. The van der Waals surface area contributed by atoms with Gasteiger partial charge in [0, 0.05) is 22.3 Å². The van der Waals surface area contributed by atoms with Crippen molar-refractivity contribution in [2.45, 2.75) is 221 Å². The zero-order valence-electron chi connectivity index (χ0n) is 37.0. The maximum atomic E-state index is 11.9. The van der Waals surface area contributed by atoms with Crippen molar-refractivity contribution in [3.8, 4) is 0 Å². The minimum absolute atomic E-state index is 0. The van der Waals surface area contributed by atoms with Gasteiger partial charge in [-0.1, -0.05) is 181 Å². The Bertz CT molecular complexity index is 1240. The fraction of sp³-hybridized carbons (Fsp3) is 0.654. The summed E-state index contributed by atoms with van der Waals surface area (Å²) in [6, 6.07) is 18.1. The van der Waals surface area contributed by atoms with Crippen LogP contribution in [0.5, 0.6) is 0 Å². The Morgan fingerprint density at radius 1 is 0.382 bits per heavy atom. The SMILES string of the molecule is CCCCCCCCC1=C(c2ccc(CCCC)cc2)[N+](=[N-])C(c2ccc(CCCCCC)cc2)=C1CCCC.[CH2-]CCCCCC.[CH2-]CCCCCC.[Pd+2]. The molecule has 0 aliphatic carbocycles. The van der Waals surface area contributed by atoms with Gasteiger partial charge in [0.1, 0.15) is 0 Å². The normalized spacial score (nSPS) is 12.3. The molecule has 0 amide bonds. The maximum Gasteiger partial charge on any atom is 2.00 e. The molecule has 0 saturated heterocycles. The number of allylic oxidation sites excluding steroid dienone is 2. The molecule has 0 aromatic heterocycles. The van der Waals surface area contributed by atoms with Crippen LogP contribution in [-0.4, -0.2) is 4.70 Å². The van der Waals surface area contributed by atoms with Gasteiger partial charge < -0.3 is 19.4 Å². The van der Waals surface area contributed by atoms with Gasteiger partial charge in [-0.3, -0.25) is 0 Å². The first-order valence-corrected chi connectivity index (χ1v) is 23.2. The van der Waals surface area contributed by atoms with Gasteiger partial charge in [0.25, 0.3) is 0 Å². The van der Waals surface area contributed by atoms with E-state index >= 15 is 0 Å². The molecular formula is C52H86N2Pd. The Balaban J connectivity index is 0.00000165. The number of hydrogen-bond acceptors (Lipinski definition) is 0. The number of unbranched alkanes of at least 4 members (excludes halogenated alkanes) is 18. The molecule has 2 aromatic rings. The van der Waals surface area contributed by atoms with Crippen LogP contribution in [0.25, 0.3) is 16.9 Å². The zero-order chi connectivity index (χ0) is 39.7. The van der Waals surface area contributed by atoms with Crippen molar-refractivity contribution in [2.75, 3.05) is 0 Å². The van der Waals surface area contributed by atoms with Crippen LogP contribution in [0.4, 0.5) is 0 Å². The molecule has 1 aliphatic heterocycles. The Hall–Kier alpha value is -1.82. The molecule has 0 fully saturated rings. The third-order valence-corrected chi connectivity index (χ3v) is 10.7. The van der Waals surface area contributed by atoms with Crippen LogP contribution in [0, 0.1) is 13.8 Å². The number of aryl methyl sites for hydroxylation is 2. The molecule has 0 radical (unpaired) electrons. The molecule has 3 heteroatoms. The molecule has 0 saturated carbocycles. The first kappa shape index (κ1) is 53.2. The molecule has 3 rings (SSSR count). The zero-order valence-corrected chi connectivity index (χ0v) is 38.6. The molecule has 0 N–H and O–H groups in total. The minimum atomic E-state index is 0. The van der Waals surface area contributed by atoms with Gasteiger partial charge in [-0.15, -0.1) is 0 Å². The largest absolute Gasteiger partial charge is 2.00 e.